The molecule has 1 aliphatic carbocycles. The third kappa shape index (κ3) is 14.7. The molecule has 0 radical (unpaired) electrons. The summed E-state index contributed by atoms with van der Waals surface area (Å²) in [6.45, 7) is 24.5. The van der Waals surface area contributed by atoms with Crippen molar-refractivity contribution in [1.29, 1.82) is 0 Å². The Bertz CT molecular complexity index is 521. The lowest BCUT2D eigenvalue weighted by Gasteiger charge is -2.17. The van der Waals surface area contributed by atoms with E-state index in [1.54, 1.807) is 0 Å². The zero-order valence-electron chi connectivity index (χ0n) is 21.6. The van der Waals surface area contributed by atoms with E-state index in [1.165, 1.54) is 12.8 Å². The van der Waals surface area contributed by atoms with Crippen LogP contribution in [-0.2, 0) is 6.42 Å². The minimum atomic E-state index is 0.160. The normalized spacial score (nSPS) is 8.90. The van der Waals surface area contributed by atoms with Crippen LogP contribution >= 0.6 is 0 Å². The summed E-state index contributed by atoms with van der Waals surface area (Å²) in [5, 5.41) is 0. The summed E-state index contributed by atoms with van der Waals surface area (Å²) >= 11 is 0. The summed E-state index contributed by atoms with van der Waals surface area (Å²) in [5.41, 5.74) is 4.00. The fourth-order valence-electron chi connectivity index (χ4n) is 2.14. The van der Waals surface area contributed by atoms with Gasteiger partial charge in [-0.3, -0.25) is 4.79 Å². The Morgan fingerprint density at radius 1 is 0.552 bits per heavy atom. The Balaban J connectivity index is -0.000000190. The number of carbonyl (C=O) groups is 1. The van der Waals surface area contributed by atoms with E-state index in [9.17, 15) is 4.79 Å². The summed E-state index contributed by atoms with van der Waals surface area (Å²) in [6.07, 6.45) is 3.37. The first-order valence-electron chi connectivity index (χ1n) is 11.9. The fourth-order valence-corrected chi connectivity index (χ4v) is 2.14. The Kier molecular flexibility index (Phi) is 33.8. The van der Waals surface area contributed by atoms with Gasteiger partial charge >= 0.3 is 0 Å². The third-order valence-corrected chi connectivity index (χ3v) is 2.90. The van der Waals surface area contributed by atoms with Crippen molar-refractivity contribution in [1.82, 2.24) is 0 Å². The molecule has 2 aromatic carbocycles. The maximum Gasteiger partial charge on any atom is 0.193 e. The number of rotatable bonds is 0. The van der Waals surface area contributed by atoms with Crippen LogP contribution in [0.5, 0.6) is 0 Å². The van der Waals surface area contributed by atoms with Crippen molar-refractivity contribution in [3.8, 4) is 0 Å². The zero-order valence-corrected chi connectivity index (χ0v) is 21.6. The molecule has 3 rings (SSSR count). The molecule has 0 fully saturated rings. The predicted octanol–water partition coefficient (Wildman–Crippen LogP) is 9.76. The molecule has 0 atom stereocenters. The average molecular weight is 403 g/mol. The van der Waals surface area contributed by atoms with Crippen molar-refractivity contribution in [2.24, 2.45) is 0 Å². The molecule has 168 valence electrons. The molecule has 0 aliphatic heterocycles. The van der Waals surface area contributed by atoms with Gasteiger partial charge in [-0.25, -0.2) is 0 Å². The van der Waals surface area contributed by atoms with E-state index in [-0.39, 0.29) is 5.78 Å². The minimum absolute atomic E-state index is 0.160. The second kappa shape index (κ2) is 28.3. The highest BCUT2D eigenvalue weighted by molar-refractivity contribution is 6.12. The summed E-state index contributed by atoms with van der Waals surface area (Å²) in [5.74, 6) is 0.160. The number of hydrogen-bond acceptors (Lipinski definition) is 1. The maximum absolute atomic E-state index is 12.1. The second-order valence-corrected chi connectivity index (χ2v) is 5.23. The van der Waals surface area contributed by atoms with Crippen molar-refractivity contribution in [3.05, 3.63) is 70.8 Å². The van der Waals surface area contributed by atoms with Crippen LogP contribution in [0.2, 0.25) is 0 Å². The lowest BCUT2D eigenvalue weighted by molar-refractivity contribution is 0.103. The van der Waals surface area contributed by atoms with E-state index in [2.05, 4.69) is 27.7 Å². The van der Waals surface area contributed by atoms with Crippen molar-refractivity contribution in [2.45, 2.75) is 102 Å². The van der Waals surface area contributed by atoms with Gasteiger partial charge in [0.1, 0.15) is 0 Å². The first-order chi connectivity index (χ1) is 14.2. The lowest BCUT2D eigenvalue weighted by Crippen LogP contribution is -2.14. The average Bonchev–Trinajstić information content (AvgIpc) is 2.81. The highest BCUT2D eigenvalue weighted by Gasteiger charge is 2.21. The van der Waals surface area contributed by atoms with Gasteiger partial charge in [-0.15, -0.1) is 0 Å². The SMILES string of the molecule is CC.CC.CC.CC.CCC.CCC.O=C1c2ccccc2Cc2ccccc21. The minimum Gasteiger partial charge on any atom is -0.289 e. The van der Waals surface area contributed by atoms with Gasteiger partial charge in [-0.05, 0) is 17.5 Å². The van der Waals surface area contributed by atoms with Crippen LogP contribution in [0, 0.1) is 0 Å². The van der Waals surface area contributed by atoms with Crippen LogP contribution in [0.3, 0.4) is 0 Å². The highest BCUT2D eigenvalue weighted by atomic mass is 16.1. The van der Waals surface area contributed by atoms with Crippen LogP contribution in [0.25, 0.3) is 0 Å². The Morgan fingerprint density at radius 3 is 1.07 bits per heavy atom. The third-order valence-electron chi connectivity index (χ3n) is 2.90. The van der Waals surface area contributed by atoms with Crippen LogP contribution in [0.1, 0.15) is 123 Å². The van der Waals surface area contributed by atoms with Gasteiger partial charge in [-0.1, -0.05) is 144 Å². The van der Waals surface area contributed by atoms with E-state index >= 15 is 0 Å². The molecule has 0 bridgehead atoms. The van der Waals surface area contributed by atoms with Crippen molar-refractivity contribution < 1.29 is 4.79 Å². The van der Waals surface area contributed by atoms with Gasteiger partial charge in [0.15, 0.2) is 5.78 Å². The van der Waals surface area contributed by atoms with Crippen molar-refractivity contribution in [2.75, 3.05) is 0 Å². The topological polar surface area (TPSA) is 17.1 Å². The van der Waals surface area contributed by atoms with Crippen LogP contribution < -0.4 is 0 Å². The summed E-state index contributed by atoms with van der Waals surface area (Å²) in [6, 6.07) is 15.7. The number of fused-ring (bicyclic) bond motifs is 2. The first kappa shape index (κ1) is 34.6. The molecule has 0 saturated carbocycles. The Labute approximate surface area is 184 Å². The summed E-state index contributed by atoms with van der Waals surface area (Å²) in [4.78, 5) is 12.1. The van der Waals surface area contributed by atoms with E-state index in [1.807, 2.05) is 104 Å². The molecule has 2 aromatic rings. The number of ketones is 1. The molecule has 0 heterocycles. The molecule has 1 nitrogen and oxygen atoms in total. The second-order valence-electron chi connectivity index (χ2n) is 5.23. The molecule has 0 unspecified atom stereocenters. The molecule has 1 aliphatic rings. The first-order valence-corrected chi connectivity index (χ1v) is 11.9. The van der Waals surface area contributed by atoms with E-state index in [4.69, 9.17) is 0 Å². The van der Waals surface area contributed by atoms with Crippen LogP contribution in [0.15, 0.2) is 48.5 Å². The lowest BCUT2D eigenvalue weighted by atomic mass is 9.85. The van der Waals surface area contributed by atoms with Crippen LogP contribution in [0.4, 0.5) is 0 Å². The van der Waals surface area contributed by atoms with E-state index in [0.717, 1.165) is 28.7 Å². The predicted molar refractivity (Wildman–Crippen MR) is 136 cm³/mol. The van der Waals surface area contributed by atoms with Crippen molar-refractivity contribution in [3.63, 3.8) is 0 Å². The maximum atomic E-state index is 12.1. The molecular formula is C28H50O. The molecule has 1 heteroatoms. The molecule has 0 aromatic heterocycles. The molecule has 29 heavy (non-hydrogen) atoms. The summed E-state index contributed by atoms with van der Waals surface area (Å²) < 4.78 is 0. The zero-order chi connectivity index (χ0) is 23.7. The number of benzene rings is 2. The Hall–Kier alpha value is -1.89. The molecule has 0 N–H and O–H groups in total. The Morgan fingerprint density at radius 2 is 0.793 bits per heavy atom. The monoisotopic (exact) mass is 402 g/mol. The van der Waals surface area contributed by atoms with E-state index < -0.39 is 0 Å². The standard InChI is InChI=1S/C14H10O.2C3H8.4C2H6/c15-14-12-7-3-1-5-10(12)9-11-6-2-4-8-13(11)14;2*1-3-2;4*1-2/h1-8H,9H2;2*3H2,1-2H3;4*1-2H3. The van der Waals surface area contributed by atoms with Crippen molar-refractivity contribution >= 4 is 5.78 Å². The quantitative estimate of drug-likeness (QED) is 0.365. The van der Waals surface area contributed by atoms with Gasteiger partial charge in [-0.2, -0.15) is 0 Å². The highest BCUT2D eigenvalue weighted by Crippen LogP contribution is 2.26. The van der Waals surface area contributed by atoms with E-state index in [0.29, 0.717) is 0 Å². The number of carbonyl (C=O) groups excluding carboxylic acids is 1. The molecule has 0 spiro atoms. The van der Waals surface area contributed by atoms with Gasteiger partial charge in [0.2, 0.25) is 0 Å². The smallest absolute Gasteiger partial charge is 0.193 e. The van der Waals surface area contributed by atoms with Crippen LogP contribution in [-0.4, -0.2) is 5.78 Å². The number of hydrogen-bond donors (Lipinski definition) is 0. The van der Waals surface area contributed by atoms with Gasteiger partial charge in [0.25, 0.3) is 0 Å². The summed E-state index contributed by atoms with van der Waals surface area (Å²) in [7, 11) is 0. The van der Waals surface area contributed by atoms with Gasteiger partial charge < -0.3 is 0 Å². The largest absolute Gasteiger partial charge is 0.289 e. The molecular weight excluding hydrogens is 352 g/mol. The molecule has 0 amide bonds. The van der Waals surface area contributed by atoms with Gasteiger partial charge in [0.05, 0.1) is 0 Å². The molecule has 0 saturated heterocycles. The fraction of sp³-hybridized carbons (Fsp3) is 0.536. The van der Waals surface area contributed by atoms with Gasteiger partial charge in [0, 0.05) is 11.1 Å².